The van der Waals surface area contributed by atoms with Crippen LogP contribution in [0.2, 0.25) is 0 Å². The second-order valence-electron chi connectivity index (χ2n) is 6.19. The molecule has 1 saturated heterocycles. The first kappa shape index (κ1) is 12.4. The maximum Gasteiger partial charge on any atom is 0.410 e. The summed E-state index contributed by atoms with van der Waals surface area (Å²) in [6, 6.07) is 0. The zero-order chi connectivity index (χ0) is 12.6. The molecule has 0 bridgehead atoms. The average Bonchev–Trinajstić information content (AvgIpc) is 2.72. The second kappa shape index (κ2) is 4.31. The van der Waals surface area contributed by atoms with E-state index in [0.717, 1.165) is 25.7 Å². The number of carbonyl (C=O) groups is 2. The Kier molecular flexibility index (Phi) is 3.15. The summed E-state index contributed by atoms with van der Waals surface area (Å²) >= 11 is 0. The Morgan fingerprint density at radius 2 is 2.00 bits per heavy atom. The zero-order valence-electron chi connectivity index (χ0n) is 10.8. The Hall–Kier alpha value is -1.06. The topological polar surface area (TPSA) is 46.6 Å². The van der Waals surface area contributed by atoms with Crippen LogP contribution in [0, 0.1) is 17.8 Å². The molecule has 0 radical (unpaired) electrons. The summed E-state index contributed by atoms with van der Waals surface area (Å²) in [7, 11) is 0. The summed E-state index contributed by atoms with van der Waals surface area (Å²) in [6.07, 6.45) is 2.87. The van der Waals surface area contributed by atoms with Crippen molar-refractivity contribution in [2.24, 2.45) is 17.8 Å². The molecular formula is C13H21NO3. The van der Waals surface area contributed by atoms with Gasteiger partial charge >= 0.3 is 6.09 Å². The van der Waals surface area contributed by atoms with Crippen LogP contribution in [-0.2, 0) is 9.53 Å². The van der Waals surface area contributed by atoms with E-state index in [1.54, 1.807) is 4.90 Å². The van der Waals surface area contributed by atoms with E-state index in [1.807, 2.05) is 20.8 Å². The van der Waals surface area contributed by atoms with Gasteiger partial charge in [0, 0.05) is 19.0 Å². The lowest BCUT2D eigenvalue weighted by Crippen LogP contribution is -2.36. The highest BCUT2D eigenvalue weighted by atomic mass is 16.6. The fourth-order valence-corrected chi connectivity index (χ4v) is 2.95. The first-order chi connectivity index (χ1) is 7.90. The van der Waals surface area contributed by atoms with Crippen molar-refractivity contribution in [3.05, 3.63) is 0 Å². The molecule has 1 amide bonds. The lowest BCUT2D eigenvalue weighted by molar-refractivity contribution is -0.112. The molecule has 4 nitrogen and oxygen atoms in total. The molecule has 3 unspecified atom stereocenters. The minimum Gasteiger partial charge on any atom is -0.444 e. The van der Waals surface area contributed by atoms with Crippen molar-refractivity contribution in [1.29, 1.82) is 0 Å². The van der Waals surface area contributed by atoms with Crippen LogP contribution in [0.4, 0.5) is 4.79 Å². The smallest absolute Gasteiger partial charge is 0.410 e. The van der Waals surface area contributed by atoms with E-state index in [0.29, 0.717) is 18.4 Å². The molecule has 0 aromatic carbocycles. The molecule has 1 heterocycles. The van der Waals surface area contributed by atoms with Crippen LogP contribution in [0.1, 0.15) is 33.6 Å². The van der Waals surface area contributed by atoms with Gasteiger partial charge in [0.05, 0.1) is 0 Å². The van der Waals surface area contributed by atoms with Gasteiger partial charge in [0.2, 0.25) is 0 Å². The number of fused-ring (bicyclic) bond motifs is 1. The molecule has 1 aliphatic carbocycles. The Morgan fingerprint density at radius 3 is 2.59 bits per heavy atom. The third kappa shape index (κ3) is 2.61. The number of nitrogens with zero attached hydrogens (tertiary/aromatic N) is 1. The summed E-state index contributed by atoms with van der Waals surface area (Å²) in [5.74, 6) is 1.00. The number of carbonyl (C=O) groups excluding carboxylic acids is 2. The van der Waals surface area contributed by atoms with Gasteiger partial charge in [-0.25, -0.2) is 4.79 Å². The van der Waals surface area contributed by atoms with Crippen LogP contribution in [0.5, 0.6) is 0 Å². The van der Waals surface area contributed by atoms with Crippen LogP contribution in [0.25, 0.3) is 0 Å². The number of hydrogen-bond acceptors (Lipinski definition) is 3. The minimum absolute atomic E-state index is 0.146. The Bertz CT molecular complexity index is 321. The quantitative estimate of drug-likeness (QED) is 0.658. The number of rotatable bonds is 1. The van der Waals surface area contributed by atoms with Crippen molar-refractivity contribution in [3.63, 3.8) is 0 Å². The zero-order valence-corrected chi connectivity index (χ0v) is 10.8. The molecule has 4 heteroatoms. The van der Waals surface area contributed by atoms with Gasteiger partial charge in [0.25, 0.3) is 0 Å². The monoisotopic (exact) mass is 239 g/mol. The Morgan fingerprint density at radius 1 is 1.29 bits per heavy atom. The van der Waals surface area contributed by atoms with Gasteiger partial charge in [-0.1, -0.05) is 0 Å². The first-order valence-corrected chi connectivity index (χ1v) is 6.34. The summed E-state index contributed by atoms with van der Waals surface area (Å²) in [5.41, 5.74) is -0.446. The fraction of sp³-hybridized carbons (Fsp3) is 0.846. The van der Waals surface area contributed by atoms with E-state index in [4.69, 9.17) is 4.74 Å². The highest BCUT2D eigenvalue weighted by Gasteiger charge is 2.44. The van der Waals surface area contributed by atoms with E-state index in [-0.39, 0.29) is 12.0 Å². The minimum atomic E-state index is -0.446. The molecule has 1 saturated carbocycles. The van der Waals surface area contributed by atoms with Crippen LogP contribution >= 0.6 is 0 Å². The van der Waals surface area contributed by atoms with Crippen molar-refractivity contribution in [2.45, 2.75) is 39.2 Å². The van der Waals surface area contributed by atoms with Gasteiger partial charge < -0.3 is 14.4 Å². The Balaban J connectivity index is 1.94. The molecule has 0 aromatic heterocycles. The molecule has 0 aromatic rings. The highest BCUT2D eigenvalue weighted by Crippen LogP contribution is 2.41. The molecule has 1 aliphatic heterocycles. The summed E-state index contributed by atoms with van der Waals surface area (Å²) in [6.45, 7) is 7.05. The molecule has 17 heavy (non-hydrogen) atoms. The van der Waals surface area contributed by atoms with Crippen LogP contribution in [0.15, 0.2) is 0 Å². The Labute approximate surface area is 102 Å². The molecular weight excluding hydrogens is 218 g/mol. The molecule has 3 atom stereocenters. The number of ether oxygens (including phenoxy) is 1. The van der Waals surface area contributed by atoms with Crippen LogP contribution in [-0.4, -0.2) is 36.0 Å². The molecule has 2 aliphatic rings. The average molecular weight is 239 g/mol. The highest BCUT2D eigenvalue weighted by molar-refractivity contribution is 5.69. The molecule has 96 valence electrons. The third-order valence-electron chi connectivity index (χ3n) is 3.74. The van der Waals surface area contributed by atoms with Crippen molar-refractivity contribution >= 4 is 12.4 Å². The predicted octanol–water partition coefficient (Wildman–Crippen LogP) is 2.08. The van der Waals surface area contributed by atoms with Crippen LogP contribution < -0.4 is 0 Å². The SMILES string of the molecule is CC(C)(C)OC(=O)N1CC2CCC(C=O)C2C1. The summed E-state index contributed by atoms with van der Waals surface area (Å²) in [5, 5.41) is 0. The van der Waals surface area contributed by atoms with Crippen LogP contribution in [0.3, 0.4) is 0 Å². The first-order valence-electron chi connectivity index (χ1n) is 6.34. The normalized spacial score (nSPS) is 32.4. The van der Waals surface area contributed by atoms with Gasteiger partial charge in [-0.15, -0.1) is 0 Å². The lowest BCUT2D eigenvalue weighted by atomic mass is 9.94. The molecule has 0 spiro atoms. The predicted molar refractivity (Wildman–Crippen MR) is 63.6 cm³/mol. The van der Waals surface area contributed by atoms with Crippen molar-refractivity contribution in [3.8, 4) is 0 Å². The fourth-order valence-electron chi connectivity index (χ4n) is 2.95. The molecule has 2 fully saturated rings. The third-order valence-corrected chi connectivity index (χ3v) is 3.74. The maximum absolute atomic E-state index is 11.9. The maximum atomic E-state index is 11.9. The molecule has 2 rings (SSSR count). The van der Waals surface area contributed by atoms with E-state index >= 15 is 0 Å². The number of amides is 1. The van der Waals surface area contributed by atoms with E-state index in [2.05, 4.69) is 0 Å². The number of likely N-dealkylation sites (tertiary alicyclic amines) is 1. The standard InChI is InChI=1S/C13H21NO3/c1-13(2,3)17-12(16)14-6-9-4-5-10(8-15)11(9)7-14/h8-11H,4-7H2,1-3H3. The van der Waals surface area contributed by atoms with Crippen molar-refractivity contribution in [1.82, 2.24) is 4.90 Å². The summed E-state index contributed by atoms with van der Waals surface area (Å²) < 4.78 is 5.35. The van der Waals surface area contributed by atoms with E-state index in [9.17, 15) is 9.59 Å². The van der Waals surface area contributed by atoms with Gasteiger partial charge in [0.1, 0.15) is 11.9 Å². The second-order valence-corrected chi connectivity index (χ2v) is 6.19. The molecule has 0 N–H and O–H groups in total. The van der Waals surface area contributed by atoms with Gasteiger partial charge in [-0.3, -0.25) is 0 Å². The largest absolute Gasteiger partial charge is 0.444 e. The summed E-state index contributed by atoms with van der Waals surface area (Å²) in [4.78, 5) is 24.6. The van der Waals surface area contributed by atoms with Gasteiger partial charge in [0.15, 0.2) is 0 Å². The number of aldehydes is 1. The van der Waals surface area contributed by atoms with Crippen molar-refractivity contribution in [2.75, 3.05) is 13.1 Å². The van der Waals surface area contributed by atoms with E-state index < -0.39 is 5.60 Å². The lowest BCUT2D eigenvalue weighted by Gasteiger charge is -2.25. The number of hydrogen-bond donors (Lipinski definition) is 0. The van der Waals surface area contributed by atoms with Gasteiger partial charge in [-0.05, 0) is 45.4 Å². The van der Waals surface area contributed by atoms with Crippen molar-refractivity contribution < 1.29 is 14.3 Å². The van der Waals surface area contributed by atoms with Gasteiger partial charge in [-0.2, -0.15) is 0 Å². The van der Waals surface area contributed by atoms with E-state index in [1.165, 1.54) is 0 Å².